The van der Waals surface area contributed by atoms with Crippen molar-refractivity contribution < 1.29 is 4.79 Å². The number of thioether (sulfide) groups is 1. The summed E-state index contributed by atoms with van der Waals surface area (Å²) < 4.78 is 0. The molecule has 3 nitrogen and oxygen atoms in total. The Balaban J connectivity index is 2.35. The topological polar surface area (TPSA) is 41.1 Å². The molecule has 1 aliphatic rings. The van der Waals surface area contributed by atoms with E-state index in [0.29, 0.717) is 6.04 Å². The van der Waals surface area contributed by atoms with Crippen LogP contribution >= 0.6 is 11.8 Å². The average molecular weight is 258 g/mol. The number of nitrogens with one attached hydrogen (secondary N) is 2. The Bertz CT molecular complexity index is 250. The smallest absolute Gasteiger partial charge is 0.237 e. The molecule has 17 heavy (non-hydrogen) atoms. The summed E-state index contributed by atoms with van der Waals surface area (Å²) in [5, 5.41) is 6.52. The van der Waals surface area contributed by atoms with Gasteiger partial charge in [-0.05, 0) is 45.8 Å². The van der Waals surface area contributed by atoms with E-state index in [0.717, 1.165) is 12.2 Å². The fourth-order valence-corrected chi connectivity index (χ4v) is 2.92. The Morgan fingerprint density at radius 3 is 2.76 bits per heavy atom. The van der Waals surface area contributed by atoms with Crippen molar-refractivity contribution in [2.45, 2.75) is 64.6 Å². The van der Waals surface area contributed by atoms with Crippen LogP contribution in [0.5, 0.6) is 0 Å². The zero-order valence-corrected chi connectivity index (χ0v) is 12.3. The fourth-order valence-electron chi connectivity index (χ4n) is 1.83. The summed E-state index contributed by atoms with van der Waals surface area (Å²) in [7, 11) is 0. The Hall–Kier alpha value is -0.220. The van der Waals surface area contributed by atoms with E-state index in [1.165, 1.54) is 18.6 Å². The molecule has 0 aromatic heterocycles. The van der Waals surface area contributed by atoms with Crippen LogP contribution in [-0.4, -0.2) is 35.0 Å². The number of hydrogen-bond donors (Lipinski definition) is 2. The van der Waals surface area contributed by atoms with Crippen molar-refractivity contribution >= 4 is 17.7 Å². The van der Waals surface area contributed by atoms with Crippen LogP contribution in [0.3, 0.4) is 0 Å². The van der Waals surface area contributed by atoms with E-state index in [9.17, 15) is 4.79 Å². The van der Waals surface area contributed by atoms with Crippen LogP contribution in [0, 0.1) is 0 Å². The highest BCUT2D eigenvalue weighted by Crippen LogP contribution is 2.17. The second-order valence-electron chi connectivity index (χ2n) is 5.53. The Labute approximate surface area is 109 Å². The molecule has 0 aromatic carbocycles. The van der Waals surface area contributed by atoms with Gasteiger partial charge in [0.05, 0.1) is 6.04 Å². The first-order chi connectivity index (χ1) is 7.94. The lowest BCUT2D eigenvalue weighted by molar-refractivity contribution is -0.124. The monoisotopic (exact) mass is 258 g/mol. The molecule has 2 N–H and O–H groups in total. The molecule has 2 unspecified atom stereocenters. The largest absolute Gasteiger partial charge is 0.350 e. The van der Waals surface area contributed by atoms with Crippen LogP contribution < -0.4 is 10.6 Å². The SMILES string of the molecule is CCC(C)(C)NC(=O)C(C)NC1CCCSC1. The highest BCUT2D eigenvalue weighted by Gasteiger charge is 2.24. The van der Waals surface area contributed by atoms with Gasteiger partial charge in [0.15, 0.2) is 0 Å². The molecular formula is C13H26N2OS. The molecule has 0 aromatic rings. The lowest BCUT2D eigenvalue weighted by Gasteiger charge is -2.29. The lowest BCUT2D eigenvalue weighted by Crippen LogP contribution is -2.53. The van der Waals surface area contributed by atoms with Crippen LogP contribution in [0.1, 0.15) is 47.0 Å². The maximum Gasteiger partial charge on any atom is 0.237 e. The molecule has 100 valence electrons. The van der Waals surface area contributed by atoms with Crippen molar-refractivity contribution in [3.05, 3.63) is 0 Å². The first kappa shape index (κ1) is 14.8. The minimum absolute atomic E-state index is 0.0930. The first-order valence-corrected chi connectivity index (χ1v) is 7.76. The van der Waals surface area contributed by atoms with E-state index in [1.54, 1.807) is 0 Å². The van der Waals surface area contributed by atoms with Gasteiger partial charge in [0, 0.05) is 17.3 Å². The van der Waals surface area contributed by atoms with E-state index < -0.39 is 0 Å². The summed E-state index contributed by atoms with van der Waals surface area (Å²) in [5.74, 6) is 2.52. The summed E-state index contributed by atoms with van der Waals surface area (Å²) in [5.41, 5.74) is -0.103. The molecule has 0 radical (unpaired) electrons. The van der Waals surface area contributed by atoms with Gasteiger partial charge in [0.1, 0.15) is 0 Å². The van der Waals surface area contributed by atoms with Gasteiger partial charge in [0.2, 0.25) is 5.91 Å². The highest BCUT2D eigenvalue weighted by atomic mass is 32.2. The summed E-state index contributed by atoms with van der Waals surface area (Å²) >= 11 is 1.98. The molecule has 1 fully saturated rings. The normalized spacial score (nSPS) is 23.2. The quantitative estimate of drug-likeness (QED) is 0.794. The molecule has 0 spiro atoms. The van der Waals surface area contributed by atoms with Gasteiger partial charge in [-0.15, -0.1) is 0 Å². The van der Waals surface area contributed by atoms with Gasteiger partial charge in [0.25, 0.3) is 0 Å². The molecule has 0 bridgehead atoms. The van der Waals surface area contributed by atoms with Crippen LogP contribution in [0.2, 0.25) is 0 Å². The predicted molar refractivity (Wildman–Crippen MR) is 75.5 cm³/mol. The number of rotatable bonds is 5. The number of carbonyl (C=O) groups excluding carboxylic acids is 1. The minimum atomic E-state index is -0.103. The molecule has 1 rings (SSSR count). The molecule has 1 heterocycles. The highest BCUT2D eigenvalue weighted by molar-refractivity contribution is 7.99. The molecule has 4 heteroatoms. The zero-order chi connectivity index (χ0) is 12.9. The van der Waals surface area contributed by atoms with Crippen molar-refractivity contribution in [1.29, 1.82) is 0 Å². The van der Waals surface area contributed by atoms with Gasteiger partial charge >= 0.3 is 0 Å². The van der Waals surface area contributed by atoms with Crippen molar-refractivity contribution in [3.63, 3.8) is 0 Å². The molecule has 0 aliphatic carbocycles. The molecule has 1 aliphatic heterocycles. The van der Waals surface area contributed by atoms with Crippen molar-refractivity contribution in [3.8, 4) is 0 Å². The molecule has 0 saturated carbocycles. The molecule has 1 saturated heterocycles. The lowest BCUT2D eigenvalue weighted by atomic mass is 10.0. The Kier molecular flexibility index (Phi) is 5.80. The van der Waals surface area contributed by atoms with Crippen LogP contribution in [0.25, 0.3) is 0 Å². The summed E-state index contributed by atoms with van der Waals surface area (Å²) in [6.07, 6.45) is 3.41. The van der Waals surface area contributed by atoms with E-state index in [4.69, 9.17) is 0 Å². The third-order valence-corrected chi connectivity index (χ3v) is 4.60. The summed E-state index contributed by atoms with van der Waals surface area (Å²) in [6, 6.07) is 0.406. The summed E-state index contributed by atoms with van der Waals surface area (Å²) in [6.45, 7) is 8.18. The van der Waals surface area contributed by atoms with Crippen molar-refractivity contribution in [2.75, 3.05) is 11.5 Å². The van der Waals surface area contributed by atoms with Crippen LogP contribution in [-0.2, 0) is 4.79 Å². The van der Waals surface area contributed by atoms with Crippen LogP contribution in [0.15, 0.2) is 0 Å². The van der Waals surface area contributed by atoms with E-state index in [2.05, 4.69) is 31.4 Å². The van der Waals surface area contributed by atoms with Gasteiger partial charge < -0.3 is 10.6 Å². The number of amides is 1. The number of carbonyl (C=O) groups is 1. The maximum absolute atomic E-state index is 12.0. The van der Waals surface area contributed by atoms with Crippen molar-refractivity contribution in [2.24, 2.45) is 0 Å². The fraction of sp³-hybridized carbons (Fsp3) is 0.923. The maximum atomic E-state index is 12.0. The standard InChI is InChI=1S/C13H26N2OS/c1-5-13(3,4)15-12(16)10(2)14-11-7-6-8-17-9-11/h10-11,14H,5-9H2,1-4H3,(H,15,16). The zero-order valence-electron chi connectivity index (χ0n) is 11.5. The molecular weight excluding hydrogens is 232 g/mol. The molecule has 1 amide bonds. The summed E-state index contributed by atoms with van der Waals surface area (Å²) in [4.78, 5) is 12.0. The predicted octanol–water partition coefficient (Wildman–Crippen LogP) is 2.16. The Morgan fingerprint density at radius 2 is 2.24 bits per heavy atom. The minimum Gasteiger partial charge on any atom is -0.350 e. The van der Waals surface area contributed by atoms with E-state index in [-0.39, 0.29) is 17.5 Å². The first-order valence-electron chi connectivity index (χ1n) is 6.60. The molecule has 2 atom stereocenters. The number of hydrogen-bond acceptors (Lipinski definition) is 3. The van der Waals surface area contributed by atoms with E-state index >= 15 is 0 Å². The van der Waals surface area contributed by atoms with Gasteiger partial charge in [-0.1, -0.05) is 6.92 Å². The third-order valence-electron chi connectivity index (χ3n) is 3.38. The van der Waals surface area contributed by atoms with E-state index in [1.807, 2.05) is 18.7 Å². The van der Waals surface area contributed by atoms with Gasteiger partial charge in [-0.2, -0.15) is 11.8 Å². The second-order valence-corrected chi connectivity index (χ2v) is 6.68. The second kappa shape index (κ2) is 6.64. The average Bonchev–Trinajstić information content (AvgIpc) is 2.30. The third kappa shape index (κ3) is 5.30. The van der Waals surface area contributed by atoms with Gasteiger partial charge in [-0.25, -0.2) is 0 Å². The van der Waals surface area contributed by atoms with Crippen LogP contribution in [0.4, 0.5) is 0 Å². The van der Waals surface area contributed by atoms with Gasteiger partial charge in [-0.3, -0.25) is 4.79 Å². The van der Waals surface area contributed by atoms with Crippen molar-refractivity contribution in [1.82, 2.24) is 10.6 Å². The Morgan fingerprint density at radius 1 is 1.53 bits per heavy atom.